The second kappa shape index (κ2) is 6.77. The lowest BCUT2D eigenvalue weighted by atomic mass is 9.78. The number of nitrogens with one attached hydrogen (secondary N) is 1. The molecular weight excluding hydrogens is 352 g/mol. The normalized spacial score (nSPS) is 26.8. The Hall–Kier alpha value is -0.430. The number of halogens is 1. The molecule has 6 heteroatoms. The Morgan fingerprint density at radius 3 is 2.67 bits per heavy atom. The summed E-state index contributed by atoms with van der Waals surface area (Å²) in [6.45, 7) is 4.71. The lowest BCUT2D eigenvalue weighted by Gasteiger charge is -2.34. The first-order valence-electron chi connectivity index (χ1n) is 7.36. The molecule has 3 unspecified atom stereocenters. The van der Waals surface area contributed by atoms with Gasteiger partial charge in [-0.25, -0.2) is 13.1 Å². The van der Waals surface area contributed by atoms with Gasteiger partial charge in [-0.3, -0.25) is 0 Å². The van der Waals surface area contributed by atoms with Gasteiger partial charge in [0.25, 0.3) is 0 Å². The van der Waals surface area contributed by atoms with Gasteiger partial charge >= 0.3 is 0 Å². The van der Waals surface area contributed by atoms with E-state index >= 15 is 0 Å². The van der Waals surface area contributed by atoms with E-state index in [-0.39, 0.29) is 10.9 Å². The highest BCUT2D eigenvalue weighted by atomic mass is 79.9. The molecule has 21 heavy (non-hydrogen) atoms. The Kier molecular flexibility index (Phi) is 5.46. The van der Waals surface area contributed by atoms with E-state index in [0.717, 1.165) is 18.4 Å². The van der Waals surface area contributed by atoms with Gasteiger partial charge in [-0.2, -0.15) is 0 Å². The van der Waals surface area contributed by atoms with Crippen LogP contribution in [0.4, 0.5) is 0 Å². The molecule has 0 amide bonds. The highest BCUT2D eigenvalue weighted by Gasteiger charge is 2.31. The van der Waals surface area contributed by atoms with E-state index in [9.17, 15) is 8.42 Å². The number of hydrogen-bond acceptors (Lipinski definition) is 3. The SMILES string of the molecule is CC1CCCC(NS(=O)(=O)c2ccc(CN)cc2Br)C1C. The maximum absolute atomic E-state index is 12.6. The average Bonchev–Trinajstić information content (AvgIpc) is 2.43. The Balaban J connectivity index is 2.22. The van der Waals surface area contributed by atoms with Crippen molar-refractivity contribution in [3.8, 4) is 0 Å². The van der Waals surface area contributed by atoms with Gasteiger partial charge in [0.1, 0.15) is 0 Å². The van der Waals surface area contributed by atoms with Crippen LogP contribution in [-0.4, -0.2) is 14.5 Å². The fourth-order valence-corrected chi connectivity index (χ4v) is 5.39. The largest absolute Gasteiger partial charge is 0.326 e. The summed E-state index contributed by atoms with van der Waals surface area (Å²) in [5, 5.41) is 0. The number of nitrogens with two attached hydrogens (primary N) is 1. The zero-order valence-electron chi connectivity index (χ0n) is 12.5. The van der Waals surface area contributed by atoms with E-state index in [2.05, 4.69) is 34.5 Å². The Morgan fingerprint density at radius 1 is 1.33 bits per heavy atom. The third-order valence-corrected chi connectivity index (χ3v) is 7.00. The second-order valence-corrected chi connectivity index (χ2v) is 8.50. The molecular formula is C15H23BrN2O2S. The van der Waals surface area contributed by atoms with Crippen LogP contribution < -0.4 is 10.5 Å². The van der Waals surface area contributed by atoms with Crippen LogP contribution >= 0.6 is 15.9 Å². The predicted molar refractivity (Wildman–Crippen MR) is 88.3 cm³/mol. The molecule has 3 N–H and O–H groups in total. The van der Waals surface area contributed by atoms with Crippen molar-refractivity contribution in [2.75, 3.05) is 0 Å². The maximum atomic E-state index is 12.6. The van der Waals surface area contributed by atoms with E-state index in [1.807, 2.05) is 0 Å². The quantitative estimate of drug-likeness (QED) is 0.850. The van der Waals surface area contributed by atoms with Crippen molar-refractivity contribution in [2.24, 2.45) is 17.6 Å². The maximum Gasteiger partial charge on any atom is 0.241 e. The van der Waals surface area contributed by atoms with Crippen molar-refractivity contribution in [1.29, 1.82) is 0 Å². The average molecular weight is 375 g/mol. The number of benzene rings is 1. The van der Waals surface area contributed by atoms with E-state index < -0.39 is 10.0 Å². The molecule has 2 rings (SSSR count). The van der Waals surface area contributed by atoms with Crippen molar-refractivity contribution >= 4 is 26.0 Å². The van der Waals surface area contributed by atoms with Crippen LogP contribution in [0.3, 0.4) is 0 Å². The molecule has 118 valence electrons. The minimum Gasteiger partial charge on any atom is -0.326 e. The fraction of sp³-hybridized carbons (Fsp3) is 0.600. The molecule has 0 saturated heterocycles. The van der Waals surface area contributed by atoms with Crippen LogP contribution in [0.1, 0.15) is 38.7 Å². The van der Waals surface area contributed by atoms with E-state index in [1.54, 1.807) is 18.2 Å². The van der Waals surface area contributed by atoms with Crippen molar-refractivity contribution in [2.45, 2.75) is 50.6 Å². The lowest BCUT2D eigenvalue weighted by Crippen LogP contribution is -2.43. The van der Waals surface area contributed by atoms with Crippen LogP contribution in [0.25, 0.3) is 0 Å². The molecule has 4 nitrogen and oxygen atoms in total. The van der Waals surface area contributed by atoms with E-state index in [4.69, 9.17) is 5.73 Å². The van der Waals surface area contributed by atoms with E-state index in [0.29, 0.717) is 22.9 Å². The van der Waals surface area contributed by atoms with Gasteiger partial charge in [-0.15, -0.1) is 0 Å². The van der Waals surface area contributed by atoms with Crippen LogP contribution in [0.15, 0.2) is 27.6 Å². The standard InChI is InChI=1S/C15H23BrN2O2S/c1-10-4-3-5-14(11(10)2)18-21(19,20)15-7-6-12(9-17)8-13(15)16/h6-8,10-11,14,18H,3-5,9,17H2,1-2H3. The Labute approximate surface area is 135 Å². The number of sulfonamides is 1. The topological polar surface area (TPSA) is 72.2 Å². The van der Waals surface area contributed by atoms with Gasteiger partial charge in [0.05, 0.1) is 4.90 Å². The summed E-state index contributed by atoms with van der Waals surface area (Å²) in [6.07, 6.45) is 3.16. The highest BCUT2D eigenvalue weighted by Crippen LogP contribution is 2.31. The third kappa shape index (κ3) is 3.86. The molecule has 1 aliphatic carbocycles. The van der Waals surface area contributed by atoms with Gasteiger partial charge in [0, 0.05) is 17.1 Å². The molecule has 0 aromatic heterocycles. The summed E-state index contributed by atoms with van der Waals surface area (Å²) in [7, 11) is -3.51. The molecule has 1 saturated carbocycles. The van der Waals surface area contributed by atoms with Gasteiger partial charge < -0.3 is 5.73 Å². The summed E-state index contributed by atoms with van der Waals surface area (Å²) in [5.74, 6) is 0.908. The fourth-order valence-electron chi connectivity index (χ4n) is 2.90. The Morgan fingerprint density at radius 2 is 2.05 bits per heavy atom. The first-order valence-corrected chi connectivity index (χ1v) is 9.63. The molecule has 1 fully saturated rings. The van der Waals surface area contributed by atoms with Crippen molar-refractivity contribution in [1.82, 2.24) is 4.72 Å². The summed E-state index contributed by atoms with van der Waals surface area (Å²) in [6, 6.07) is 5.15. The van der Waals surface area contributed by atoms with Crippen molar-refractivity contribution in [3.05, 3.63) is 28.2 Å². The lowest BCUT2D eigenvalue weighted by molar-refractivity contribution is 0.227. The van der Waals surface area contributed by atoms with Gasteiger partial charge in [-0.1, -0.05) is 32.8 Å². The minimum absolute atomic E-state index is 0.0137. The molecule has 0 bridgehead atoms. The third-order valence-electron chi connectivity index (χ3n) is 4.53. The number of rotatable bonds is 4. The summed E-state index contributed by atoms with van der Waals surface area (Å²) < 4.78 is 28.6. The van der Waals surface area contributed by atoms with Gasteiger partial charge in [0.15, 0.2) is 0 Å². The molecule has 0 aliphatic heterocycles. The van der Waals surface area contributed by atoms with Crippen LogP contribution in [0.2, 0.25) is 0 Å². The molecule has 0 radical (unpaired) electrons. The smallest absolute Gasteiger partial charge is 0.241 e. The van der Waals surface area contributed by atoms with Crippen molar-refractivity contribution < 1.29 is 8.42 Å². The molecule has 0 spiro atoms. The molecule has 1 aromatic carbocycles. The summed E-state index contributed by atoms with van der Waals surface area (Å²) in [5.41, 5.74) is 6.48. The summed E-state index contributed by atoms with van der Waals surface area (Å²) in [4.78, 5) is 0.283. The second-order valence-electron chi connectivity index (χ2n) is 5.96. The van der Waals surface area contributed by atoms with Crippen LogP contribution in [-0.2, 0) is 16.6 Å². The first kappa shape index (κ1) is 16.9. The minimum atomic E-state index is -3.51. The van der Waals surface area contributed by atoms with Gasteiger partial charge in [-0.05, 0) is 51.9 Å². The van der Waals surface area contributed by atoms with Gasteiger partial charge in [0.2, 0.25) is 10.0 Å². The molecule has 1 aromatic rings. The first-order chi connectivity index (χ1) is 9.85. The number of hydrogen-bond donors (Lipinski definition) is 2. The Bertz CT molecular complexity index is 604. The molecule has 3 atom stereocenters. The van der Waals surface area contributed by atoms with E-state index in [1.165, 1.54) is 6.42 Å². The molecule has 1 aliphatic rings. The monoisotopic (exact) mass is 374 g/mol. The molecule has 0 heterocycles. The zero-order valence-corrected chi connectivity index (χ0v) is 14.9. The summed E-state index contributed by atoms with van der Waals surface area (Å²) >= 11 is 3.34. The zero-order chi connectivity index (χ0) is 15.6. The van der Waals surface area contributed by atoms with Crippen LogP contribution in [0, 0.1) is 11.8 Å². The van der Waals surface area contributed by atoms with Crippen molar-refractivity contribution in [3.63, 3.8) is 0 Å². The highest BCUT2D eigenvalue weighted by molar-refractivity contribution is 9.10. The van der Waals surface area contributed by atoms with Crippen LogP contribution in [0.5, 0.6) is 0 Å². The predicted octanol–water partition coefficient (Wildman–Crippen LogP) is 3.01.